The highest BCUT2D eigenvalue weighted by Gasteiger charge is 2.13. The second-order valence-electron chi connectivity index (χ2n) is 5.17. The summed E-state index contributed by atoms with van der Waals surface area (Å²) in [7, 11) is 0. The third-order valence-corrected chi connectivity index (χ3v) is 3.59. The molecule has 0 spiro atoms. The van der Waals surface area contributed by atoms with Crippen molar-refractivity contribution in [2.24, 2.45) is 0 Å². The van der Waals surface area contributed by atoms with Crippen LogP contribution in [0, 0.1) is 0 Å². The zero-order valence-corrected chi connectivity index (χ0v) is 11.6. The fourth-order valence-corrected chi connectivity index (χ4v) is 2.45. The molecular weight excluding hydrogens is 258 g/mol. The molecule has 1 fully saturated rings. The number of anilines is 1. The van der Waals surface area contributed by atoms with Gasteiger partial charge in [-0.05, 0) is 25.7 Å². The lowest BCUT2D eigenvalue weighted by molar-refractivity contribution is -0.137. The lowest BCUT2D eigenvalue weighted by Crippen LogP contribution is -2.26. The molecule has 2 rings (SSSR count). The van der Waals surface area contributed by atoms with Crippen molar-refractivity contribution >= 4 is 11.7 Å². The van der Waals surface area contributed by atoms with E-state index in [0.29, 0.717) is 13.0 Å². The van der Waals surface area contributed by atoms with E-state index in [1.165, 1.54) is 17.5 Å². The van der Waals surface area contributed by atoms with Gasteiger partial charge in [-0.15, -0.1) is 0 Å². The maximum Gasteiger partial charge on any atom is 0.303 e. The number of carboxylic acids is 1. The van der Waals surface area contributed by atoms with E-state index in [2.05, 4.69) is 10.00 Å². The van der Waals surface area contributed by atoms with Crippen molar-refractivity contribution in [3.05, 3.63) is 22.6 Å². The molecule has 1 saturated heterocycles. The summed E-state index contributed by atoms with van der Waals surface area (Å²) in [5.41, 5.74) is 0.835. The Hall–Kier alpha value is -1.85. The standard InChI is InChI=1S/C14H21N3O3/c18-13-10-12(16-7-4-5-8-16)11-15-17(13)9-3-1-2-6-14(19)20/h10-11H,1-9H2,(H,19,20). The van der Waals surface area contributed by atoms with Gasteiger partial charge in [-0.2, -0.15) is 5.10 Å². The van der Waals surface area contributed by atoms with Crippen LogP contribution >= 0.6 is 0 Å². The van der Waals surface area contributed by atoms with Gasteiger partial charge in [0.15, 0.2) is 0 Å². The average molecular weight is 279 g/mol. The average Bonchev–Trinajstić information content (AvgIpc) is 2.93. The van der Waals surface area contributed by atoms with E-state index in [4.69, 9.17) is 5.11 Å². The van der Waals surface area contributed by atoms with Crippen LogP contribution < -0.4 is 10.5 Å². The topological polar surface area (TPSA) is 75.4 Å². The van der Waals surface area contributed by atoms with E-state index in [1.807, 2.05) is 0 Å². The van der Waals surface area contributed by atoms with Crippen molar-refractivity contribution in [3.63, 3.8) is 0 Å². The first-order valence-corrected chi connectivity index (χ1v) is 7.21. The number of hydrogen-bond acceptors (Lipinski definition) is 4. The molecular formula is C14H21N3O3. The van der Waals surface area contributed by atoms with Gasteiger partial charge in [0.1, 0.15) is 0 Å². The van der Waals surface area contributed by atoms with Gasteiger partial charge in [0.05, 0.1) is 11.9 Å². The number of hydrogen-bond donors (Lipinski definition) is 1. The fourth-order valence-electron chi connectivity index (χ4n) is 2.45. The van der Waals surface area contributed by atoms with Crippen LogP contribution in [0.1, 0.15) is 38.5 Å². The second-order valence-corrected chi connectivity index (χ2v) is 5.17. The predicted octanol–water partition coefficient (Wildman–Crippen LogP) is 1.49. The van der Waals surface area contributed by atoms with Gasteiger partial charge in [0.2, 0.25) is 0 Å². The highest BCUT2D eigenvalue weighted by atomic mass is 16.4. The van der Waals surface area contributed by atoms with E-state index >= 15 is 0 Å². The Morgan fingerprint density at radius 1 is 1.25 bits per heavy atom. The zero-order chi connectivity index (χ0) is 14.4. The number of nitrogens with zero attached hydrogens (tertiary/aromatic N) is 3. The molecule has 6 heteroatoms. The fraction of sp³-hybridized carbons (Fsp3) is 0.643. The lowest BCUT2D eigenvalue weighted by Gasteiger charge is -2.17. The van der Waals surface area contributed by atoms with E-state index < -0.39 is 5.97 Å². The molecule has 0 bridgehead atoms. The molecule has 0 saturated carbocycles. The highest BCUT2D eigenvalue weighted by molar-refractivity contribution is 5.66. The molecule has 1 aliphatic heterocycles. The number of aryl methyl sites for hydroxylation is 1. The van der Waals surface area contributed by atoms with Crippen molar-refractivity contribution in [1.82, 2.24) is 9.78 Å². The zero-order valence-electron chi connectivity index (χ0n) is 11.6. The molecule has 1 aromatic heterocycles. The summed E-state index contributed by atoms with van der Waals surface area (Å²) in [6.45, 7) is 2.55. The Morgan fingerprint density at radius 2 is 2.00 bits per heavy atom. The summed E-state index contributed by atoms with van der Waals surface area (Å²) >= 11 is 0. The molecule has 0 atom stereocenters. The van der Waals surface area contributed by atoms with Crippen LogP contribution in [0.25, 0.3) is 0 Å². The Balaban J connectivity index is 1.83. The predicted molar refractivity (Wildman–Crippen MR) is 76.0 cm³/mol. The summed E-state index contributed by atoms with van der Waals surface area (Å²) < 4.78 is 1.46. The van der Waals surface area contributed by atoms with Crippen molar-refractivity contribution in [3.8, 4) is 0 Å². The van der Waals surface area contributed by atoms with Crippen LogP contribution in [0.15, 0.2) is 17.1 Å². The largest absolute Gasteiger partial charge is 0.481 e. The molecule has 6 nitrogen and oxygen atoms in total. The van der Waals surface area contributed by atoms with Gasteiger partial charge in [-0.1, -0.05) is 6.42 Å². The van der Waals surface area contributed by atoms with Crippen molar-refractivity contribution in [1.29, 1.82) is 0 Å². The van der Waals surface area contributed by atoms with Gasteiger partial charge >= 0.3 is 5.97 Å². The minimum Gasteiger partial charge on any atom is -0.481 e. The maximum absolute atomic E-state index is 11.9. The van der Waals surface area contributed by atoms with Gasteiger partial charge in [0.25, 0.3) is 5.56 Å². The van der Waals surface area contributed by atoms with E-state index in [1.54, 1.807) is 12.3 Å². The Labute approximate surface area is 118 Å². The van der Waals surface area contributed by atoms with Crippen molar-refractivity contribution in [2.45, 2.75) is 45.1 Å². The van der Waals surface area contributed by atoms with Gasteiger partial charge in [0, 0.05) is 32.1 Å². The molecule has 110 valence electrons. The molecule has 2 heterocycles. The SMILES string of the molecule is O=C(O)CCCCCn1ncc(N2CCCC2)cc1=O. The molecule has 1 N–H and O–H groups in total. The first kappa shape index (κ1) is 14.6. The van der Waals surface area contributed by atoms with Crippen LogP contribution in [-0.4, -0.2) is 33.9 Å². The van der Waals surface area contributed by atoms with Gasteiger partial charge < -0.3 is 10.0 Å². The number of unbranched alkanes of at least 4 members (excludes halogenated alkanes) is 2. The van der Waals surface area contributed by atoms with Gasteiger partial charge in [-0.3, -0.25) is 9.59 Å². The minimum absolute atomic E-state index is 0.0763. The summed E-state index contributed by atoms with van der Waals surface area (Å²) in [5, 5.41) is 12.7. The number of rotatable bonds is 7. The Morgan fingerprint density at radius 3 is 2.65 bits per heavy atom. The lowest BCUT2D eigenvalue weighted by atomic mass is 10.2. The minimum atomic E-state index is -0.768. The summed E-state index contributed by atoms with van der Waals surface area (Å²) in [4.78, 5) is 24.5. The Bertz CT molecular complexity index is 507. The van der Waals surface area contributed by atoms with Crippen molar-refractivity contribution < 1.29 is 9.90 Å². The Kier molecular flexibility index (Phi) is 5.15. The first-order valence-electron chi connectivity index (χ1n) is 7.21. The number of carbonyl (C=O) groups is 1. The number of aromatic nitrogens is 2. The molecule has 0 radical (unpaired) electrons. The third kappa shape index (κ3) is 4.08. The summed E-state index contributed by atoms with van der Waals surface area (Å²) in [6.07, 6.45) is 6.52. The summed E-state index contributed by atoms with van der Waals surface area (Å²) in [5.74, 6) is -0.768. The van der Waals surface area contributed by atoms with Crippen LogP contribution in [0.3, 0.4) is 0 Å². The van der Waals surface area contributed by atoms with Crippen molar-refractivity contribution in [2.75, 3.05) is 18.0 Å². The molecule has 20 heavy (non-hydrogen) atoms. The maximum atomic E-state index is 11.9. The molecule has 1 aromatic rings. The smallest absolute Gasteiger partial charge is 0.303 e. The van der Waals surface area contributed by atoms with E-state index in [-0.39, 0.29) is 12.0 Å². The monoisotopic (exact) mass is 279 g/mol. The molecule has 0 aromatic carbocycles. The van der Waals surface area contributed by atoms with Crippen LogP contribution in [0.2, 0.25) is 0 Å². The first-order chi connectivity index (χ1) is 9.66. The quantitative estimate of drug-likeness (QED) is 0.765. The van der Waals surface area contributed by atoms with Gasteiger partial charge in [-0.25, -0.2) is 4.68 Å². The number of carboxylic acid groups (broad SMARTS) is 1. The number of aliphatic carboxylic acids is 1. The molecule has 1 aliphatic rings. The third-order valence-electron chi connectivity index (χ3n) is 3.59. The van der Waals surface area contributed by atoms with E-state index in [0.717, 1.165) is 31.6 Å². The van der Waals surface area contributed by atoms with Crippen LogP contribution in [-0.2, 0) is 11.3 Å². The highest BCUT2D eigenvalue weighted by Crippen LogP contribution is 2.16. The molecule has 0 aliphatic carbocycles. The second kappa shape index (κ2) is 7.07. The van der Waals surface area contributed by atoms with Crippen LogP contribution in [0.5, 0.6) is 0 Å². The molecule has 0 amide bonds. The van der Waals surface area contributed by atoms with E-state index in [9.17, 15) is 9.59 Å². The molecule has 0 unspecified atom stereocenters. The summed E-state index contributed by atoms with van der Waals surface area (Å²) in [6, 6.07) is 1.65. The van der Waals surface area contributed by atoms with Crippen LogP contribution in [0.4, 0.5) is 5.69 Å². The normalized spacial score (nSPS) is 14.7.